The third-order valence-electron chi connectivity index (χ3n) is 4.25. The number of β-amino-alcohol motifs (C(OH)–C–C–N with tert-alkyl or cyclic N) is 1. The van der Waals surface area contributed by atoms with Crippen molar-refractivity contribution in [3.8, 4) is 0 Å². The first-order valence-corrected chi connectivity index (χ1v) is 8.50. The largest absolute Gasteiger partial charge is 0.395 e. The molecule has 0 amide bonds. The second-order valence-corrected chi connectivity index (χ2v) is 6.48. The topological polar surface area (TPSA) is 38.7 Å². The molecule has 1 heterocycles. The number of hydrogen-bond acceptors (Lipinski definition) is 4. The van der Waals surface area contributed by atoms with E-state index in [9.17, 15) is 0 Å². The van der Waals surface area contributed by atoms with Crippen LogP contribution < -0.4 is 10.2 Å². The SMILES string of the molecule is CNC(C)c1ccc(N2CCCN(CCO)CC2)c(Br)c1. The minimum Gasteiger partial charge on any atom is -0.395 e. The van der Waals surface area contributed by atoms with Crippen molar-refractivity contribution in [2.45, 2.75) is 19.4 Å². The van der Waals surface area contributed by atoms with Gasteiger partial charge in [0.2, 0.25) is 0 Å². The molecular formula is C16H26BrN3O. The number of aliphatic hydroxyl groups excluding tert-OH is 1. The molecule has 2 rings (SSSR count). The number of anilines is 1. The Bertz CT molecular complexity index is 455. The predicted octanol–water partition coefficient (Wildman–Crippen LogP) is 2.23. The molecule has 1 aliphatic rings. The van der Waals surface area contributed by atoms with Crippen molar-refractivity contribution >= 4 is 21.6 Å². The Labute approximate surface area is 136 Å². The van der Waals surface area contributed by atoms with Crippen molar-refractivity contribution in [2.24, 2.45) is 0 Å². The first kappa shape index (κ1) is 16.7. The highest BCUT2D eigenvalue weighted by Gasteiger charge is 2.17. The molecule has 0 spiro atoms. The zero-order chi connectivity index (χ0) is 15.2. The van der Waals surface area contributed by atoms with Crippen molar-refractivity contribution in [3.05, 3.63) is 28.2 Å². The predicted molar refractivity (Wildman–Crippen MR) is 92.0 cm³/mol. The Balaban J connectivity index is 2.07. The second kappa shape index (κ2) is 8.13. The van der Waals surface area contributed by atoms with E-state index in [1.807, 2.05) is 7.05 Å². The molecule has 1 saturated heterocycles. The van der Waals surface area contributed by atoms with Crippen LogP contribution in [0.15, 0.2) is 22.7 Å². The molecule has 1 aromatic rings. The van der Waals surface area contributed by atoms with E-state index in [0.29, 0.717) is 6.04 Å². The van der Waals surface area contributed by atoms with Crippen LogP contribution in [0.25, 0.3) is 0 Å². The molecule has 1 atom stereocenters. The van der Waals surface area contributed by atoms with Crippen molar-refractivity contribution < 1.29 is 5.11 Å². The number of rotatable bonds is 5. The zero-order valence-electron chi connectivity index (χ0n) is 13.0. The minimum atomic E-state index is 0.250. The number of halogens is 1. The fraction of sp³-hybridized carbons (Fsp3) is 0.625. The molecule has 0 aromatic heterocycles. The molecule has 0 aliphatic carbocycles. The summed E-state index contributed by atoms with van der Waals surface area (Å²) in [6.07, 6.45) is 1.14. The van der Waals surface area contributed by atoms with Gasteiger partial charge in [0.1, 0.15) is 0 Å². The Morgan fingerprint density at radius 1 is 1.29 bits per heavy atom. The summed E-state index contributed by atoms with van der Waals surface area (Å²) in [6.45, 7) is 7.38. The summed E-state index contributed by atoms with van der Waals surface area (Å²) in [7, 11) is 1.98. The number of aliphatic hydroxyl groups is 1. The van der Waals surface area contributed by atoms with Crippen LogP contribution in [0, 0.1) is 0 Å². The van der Waals surface area contributed by atoms with Crippen LogP contribution >= 0.6 is 15.9 Å². The fourth-order valence-electron chi connectivity index (χ4n) is 2.79. The fourth-order valence-corrected chi connectivity index (χ4v) is 3.44. The van der Waals surface area contributed by atoms with E-state index >= 15 is 0 Å². The van der Waals surface area contributed by atoms with Gasteiger partial charge < -0.3 is 15.3 Å². The summed E-state index contributed by atoms with van der Waals surface area (Å²) < 4.78 is 1.16. The van der Waals surface area contributed by atoms with Crippen LogP contribution in [0.1, 0.15) is 24.9 Å². The van der Waals surface area contributed by atoms with Gasteiger partial charge in [0.25, 0.3) is 0 Å². The highest BCUT2D eigenvalue weighted by molar-refractivity contribution is 9.10. The minimum absolute atomic E-state index is 0.250. The van der Waals surface area contributed by atoms with E-state index in [0.717, 1.165) is 43.6 Å². The molecule has 0 radical (unpaired) electrons. The van der Waals surface area contributed by atoms with Crippen LogP contribution in [0.4, 0.5) is 5.69 Å². The van der Waals surface area contributed by atoms with Gasteiger partial charge in [-0.1, -0.05) is 6.07 Å². The van der Waals surface area contributed by atoms with Gasteiger partial charge in [-0.3, -0.25) is 4.90 Å². The smallest absolute Gasteiger partial charge is 0.0558 e. The summed E-state index contributed by atoms with van der Waals surface area (Å²) in [5, 5.41) is 12.3. The number of nitrogens with zero attached hydrogens (tertiary/aromatic N) is 2. The molecular weight excluding hydrogens is 330 g/mol. The summed E-state index contributed by atoms with van der Waals surface area (Å²) in [5.74, 6) is 0. The van der Waals surface area contributed by atoms with Crippen molar-refractivity contribution in [2.75, 3.05) is 51.3 Å². The molecule has 2 N–H and O–H groups in total. The van der Waals surface area contributed by atoms with Crippen molar-refractivity contribution in [3.63, 3.8) is 0 Å². The normalized spacial score (nSPS) is 18.6. The summed E-state index contributed by atoms with van der Waals surface area (Å²) >= 11 is 3.73. The second-order valence-electron chi connectivity index (χ2n) is 5.63. The molecule has 1 aliphatic heterocycles. The Morgan fingerprint density at radius 3 is 2.76 bits per heavy atom. The summed E-state index contributed by atoms with van der Waals surface area (Å²) in [6, 6.07) is 7.00. The maximum Gasteiger partial charge on any atom is 0.0558 e. The van der Waals surface area contributed by atoms with Gasteiger partial charge in [-0.05, 0) is 60.6 Å². The third-order valence-corrected chi connectivity index (χ3v) is 4.89. The summed E-state index contributed by atoms with van der Waals surface area (Å²) in [4.78, 5) is 4.78. The van der Waals surface area contributed by atoms with Gasteiger partial charge in [-0.15, -0.1) is 0 Å². The van der Waals surface area contributed by atoms with E-state index in [-0.39, 0.29) is 6.61 Å². The maximum atomic E-state index is 9.07. The molecule has 1 aromatic carbocycles. The molecule has 0 saturated carbocycles. The Morgan fingerprint density at radius 2 is 2.10 bits per heavy atom. The molecule has 118 valence electrons. The van der Waals surface area contributed by atoms with E-state index in [4.69, 9.17) is 5.11 Å². The van der Waals surface area contributed by atoms with Gasteiger partial charge in [-0.25, -0.2) is 0 Å². The van der Waals surface area contributed by atoms with Crippen LogP contribution in [-0.2, 0) is 0 Å². The Hall–Kier alpha value is -0.620. The lowest BCUT2D eigenvalue weighted by atomic mass is 10.1. The quantitative estimate of drug-likeness (QED) is 0.849. The molecule has 5 heteroatoms. The average molecular weight is 356 g/mol. The summed E-state index contributed by atoms with van der Waals surface area (Å²) in [5.41, 5.74) is 2.57. The maximum absolute atomic E-state index is 9.07. The van der Waals surface area contributed by atoms with Crippen LogP contribution in [0.3, 0.4) is 0 Å². The van der Waals surface area contributed by atoms with E-state index in [1.165, 1.54) is 11.3 Å². The zero-order valence-corrected chi connectivity index (χ0v) is 14.6. The molecule has 1 unspecified atom stereocenters. The lowest BCUT2D eigenvalue weighted by Crippen LogP contribution is -2.32. The molecule has 1 fully saturated rings. The van der Waals surface area contributed by atoms with Gasteiger partial charge in [-0.2, -0.15) is 0 Å². The van der Waals surface area contributed by atoms with Crippen LogP contribution in [0.2, 0.25) is 0 Å². The van der Waals surface area contributed by atoms with E-state index < -0.39 is 0 Å². The Kier molecular flexibility index (Phi) is 6.48. The van der Waals surface area contributed by atoms with Gasteiger partial charge in [0.15, 0.2) is 0 Å². The third kappa shape index (κ3) is 4.42. The standard InChI is InChI=1S/C16H26BrN3O/c1-13(18-2)14-4-5-16(15(17)12-14)20-7-3-6-19(8-9-20)10-11-21/h4-5,12-13,18,21H,3,6-11H2,1-2H3. The van der Waals surface area contributed by atoms with Gasteiger partial charge >= 0.3 is 0 Å². The highest BCUT2D eigenvalue weighted by Crippen LogP contribution is 2.30. The lowest BCUT2D eigenvalue weighted by molar-refractivity contribution is 0.204. The first-order valence-electron chi connectivity index (χ1n) is 7.70. The average Bonchev–Trinajstić information content (AvgIpc) is 2.72. The highest BCUT2D eigenvalue weighted by atomic mass is 79.9. The van der Waals surface area contributed by atoms with Gasteiger partial charge in [0, 0.05) is 36.7 Å². The number of benzene rings is 1. The van der Waals surface area contributed by atoms with Crippen molar-refractivity contribution in [1.29, 1.82) is 0 Å². The van der Waals surface area contributed by atoms with Crippen LogP contribution in [-0.4, -0.2) is 56.4 Å². The number of hydrogen-bond donors (Lipinski definition) is 2. The van der Waals surface area contributed by atoms with Crippen molar-refractivity contribution in [1.82, 2.24) is 10.2 Å². The number of nitrogens with one attached hydrogen (secondary N) is 1. The first-order chi connectivity index (χ1) is 10.2. The van der Waals surface area contributed by atoms with Gasteiger partial charge in [0.05, 0.1) is 12.3 Å². The van der Waals surface area contributed by atoms with Crippen LogP contribution in [0.5, 0.6) is 0 Å². The lowest BCUT2D eigenvalue weighted by Gasteiger charge is -2.25. The van der Waals surface area contributed by atoms with E-state index in [1.54, 1.807) is 0 Å². The molecule has 4 nitrogen and oxygen atoms in total. The molecule has 21 heavy (non-hydrogen) atoms. The van der Waals surface area contributed by atoms with E-state index in [2.05, 4.69) is 56.2 Å². The monoisotopic (exact) mass is 355 g/mol. The molecule has 0 bridgehead atoms.